The number of hydrogen-bond acceptors (Lipinski definition) is 6. The molecule has 5 aromatic rings. The van der Waals surface area contributed by atoms with Crippen molar-refractivity contribution in [1.29, 1.82) is 0 Å². The van der Waals surface area contributed by atoms with Crippen LogP contribution in [0, 0.1) is 26.2 Å². The molecule has 3 aromatic heterocycles. The predicted molar refractivity (Wildman–Crippen MR) is 144 cm³/mol. The maximum Gasteiger partial charge on any atom is 0.359 e. The van der Waals surface area contributed by atoms with E-state index in [1.54, 1.807) is 29.1 Å². The molecule has 0 aliphatic heterocycles. The first-order valence-corrected chi connectivity index (χ1v) is 11.7. The van der Waals surface area contributed by atoms with E-state index in [1.165, 1.54) is 10.8 Å². The van der Waals surface area contributed by atoms with Crippen LogP contribution in [0.25, 0.3) is 16.6 Å². The van der Waals surface area contributed by atoms with Crippen molar-refractivity contribution in [3.8, 4) is 18.0 Å². The van der Waals surface area contributed by atoms with Gasteiger partial charge in [0, 0.05) is 30.4 Å². The Morgan fingerprint density at radius 2 is 1.92 bits per heavy atom. The van der Waals surface area contributed by atoms with Crippen molar-refractivity contribution in [3.63, 3.8) is 0 Å². The standard InChI is InChI=1S/C27H22ClN7O2/c1-5-18-7-6-17(3)19(9-18)15-34-25(30-24-10-20-14-33(4)32-23(20)11-22(24)28)31-26(36)35(27(34)37)21-8-16(2)12-29-13-21/h1,6-14H,15H2,2-4H3,(H,30,31,36). The second kappa shape index (κ2) is 9.41. The van der Waals surface area contributed by atoms with E-state index in [0.29, 0.717) is 27.5 Å². The zero-order valence-corrected chi connectivity index (χ0v) is 21.1. The number of anilines is 2. The molecule has 0 bridgehead atoms. The van der Waals surface area contributed by atoms with E-state index < -0.39 is 11.4 Å². The van der Waals surface area contributed by atoms with Crippen LogP contribution >= 0.6 is 11.6 Å². The van der Waals surface area contributed by atoms with Gasteiger partial charge in [0.25, 0.3) is 0 Å². The molecule has 0 amide bonds. The van der Waals surface area contributed by atoms with Gasteiger partial charge in [-0.05, 0) is 60.9 Å². The molecule has 0 saturated carbocycles. The maximum atomic E-state index is 13.8. The normalized spacial score (nSPS) is 11.0. The summed E-state index contributed by atoms with van der Waals surface area (Å²) in [5.74, 6) is 2.66. The van der Waals surface area contributed by atoms with Gasteiger partial charge in [0.1, 0.15) is 0 Å². The summed E-state index contributed by atoms with van der Waals surface area (Å²) in [5.41, 5.74) is 3.41. The number of rotatable bonds is 5. The maximum absolute atomic E-state index is 13.8. The van der Waals surface area contributed by atoms with Gasteiger partial charge in [0.05, 0.1) is 34.7 Å². The minimum Gasteiger partial charge on any atom is -0.324 e. The molecule has 0 fully saturated rings. The van der Waals surface area contributed by atoms with Crippen molar-refractivity contribution in [2.45, 2.75) is 20.4 Å². The first-order chi connectivity index (χ1) is 17.7. The highest BCUT2D eigenvalue weighted by atomic mass is 35.5. The minimum absolute atomic E-state index is 0.0440. The smallest absolute Gasteiger partial charge is 0.324 e. The summed E-state index contributed by atoms with van der Waals surface area (Å²) in [6.07, 6.45) is 10.5. The van der Waals surface area contributed by atoms with Crippen LogP contribution < -0.4 is 16.7 Å². The fraction of sp³-hybridized carbons (Fsp3) is 0.148. The first kappa shape index (κ1) is 24.0. The van der Waals surface area contributed by atoms with Crippen molar-refractivity contribution < 1.29 is 0 Å². The average molecular weight is 512 g/mol. The third kappa shape index (κ3) is 4.62. The van der Waals surface area contributed by atoms with Gasteiger partial charge < -0.3 is 5.32 Å². The van der Waals surface area contributed by atoms with Crippen LogP contribution in [0.3, 0.4) is 0 Å². The Balaban J connectivity index is 1.70. The molecule has 0 spiro atoms. The number of benzene rings is 2. The van der Waals surface area contributed by atoms with Crippen LogP contribution in [-0.2, 0) is 13.6 Å². The van der Waals surface area contributed by atoms with E-state index in [0.717, 1.165) is 26.6 Å². The topological polar surface area (TPSA) is 99.6 Å². The third-order valence-electron chi connectivity index (χ3n) is 5.99. The number of halogens is 1. The molecule has 5 rings (SSSR count). The molecule has 0 radical (unpaired) electrons. The van der Waals surface area contributed by atoms with Crippen LogP contribution in [0.2, 0.25) is 5.02 Å². The largest absolute Gasteiger partial charge is 0.359 e. The fourth-order valence-corrected chi connectivity index (χ4v) is 4.31. The summed E-state index contributed by atoms with van der Waals surface area (Å²) in [5, 5.41) is 8.65. The number of terminal acetylenes is 1. The van der Waals surface area contributed by atoms with Gasteiger partial charge in [-0.15, -0.1) is 6.42 Å². The molecule has 10 heteroatoms. The Bertz CT molecular complexity index is 1840. The monoisotopic (exact) mass is 511 g/mol. The molecule has 1 N–H and O–H groups in total. The lowest BCUT2D eigenvalue weighted by atomic mass is 10.1. The van der Waals surface area contributed by atoms with Gasteiger partial charge in [0.15, 0.2) is 0 Å². The highest BCUT2D eigenvalue weighted by molar-refractivity contribution is 6.34. The Morgan fingerprint density at radius 1 is 1.11 bits per heavy atom. The summed E-state index contributed by atoms with van der Waals surface area (Å²) in [6.45, 7) is 3.87. The van der Waals surface area contributed by atoms with Crippen molar-refractivity contribution in [2.75, 3.05) is 5.32 Å². The Labute approximate surface area is 217 Å². The number of nitrogens with one attached hydrogen (secondary N) is 1. The van der Waals surface area contributed by atoms with Gasteiger partial charge in [-0.25, -0.2) is 14.2 Å². The highest BCUT2D eigenvalue weighted by Crippen LogP contribution is 2.29. The molecule has 9 nitrogen and oxygen atoms in total. The molecule has 0 aliphatic rings. The summed E-state index contributed by atoms with van der Waals surface area (Å²) < 4.78 is 4.06. The van der Waals surface area contributed by atoms with Gasteiger partial charge in [-0.2, -0.15) is 10.1 Å². The molecule has 37 heavy (non-hydrogen) atoms. The summed E-state index contributed by atoms with van der Waals surface area (Å²) in [4.78, 5) is 35.3. The lowest BCUT2D eigenvalue weighted by Gasteiger charge is -2.17. The Morgan fingerprint density at radius 3 is 2.68 bits per heavy atom. The minimum atomic E-state index is -0.746. The molecule has 3 heterocycles. The van der Waals surface area contributed by atoms with E-state index in [4.69, 9.17) is 18.0 Å². The lowest BCUT2D eigenvalue weighted by Crippen LogP contribution is -2.42. The number of pyridine rings is 1. The molecule has 2 aromatic carbocycles. The fourth-order valence-electron chi connectivity index (χ4n) is 4.10. The second-order valence-corrected chi connectivity index (χ2v) is 9.15. The van der Waals surface area contributed by atoms with Crippen molar-refractivity contribution in [1.82, 2.24) is 28.9 Å². The molecule has 0 saturated heterocycles. The number of hydrogen-bond donors (Lipinski definition) is 1. The van der Waals surface area contributed by atoms with Gasteiger partial charge in [-0.1, -0.05) is 23.6 Å². The van der Waals surface area contributed by atoms with Gasteiger partial charge >= 0.3 is 11.4 Å². The molecule has 0 atom stereocenters. The van der Waals surface area contributed by atoms with Crippen LogP contribution in [0.15, 0.2) is 64.6 Å². The first-order valence-electron chi connectivity index (χ1n) is 11.4. The van der Waals surface area contributed by atoms with E-state index >= 15 is 0 Å². The van der Waals surface area contributed by atoms with Crippen molar-refractivity contribution in [3.05, 3.63) is 103 Å². The van der Waals surface area contributed by atoms with Crippen LogP contribution in [-0.4, -0.2) is 28.9 Å². The SMILES string of the molecule is C#Cc1ccc(C)c(Cn2c(Nc3cc4cn(C)nc4cc3Cl)nc(=O)n(-c3cncc(C)c3)c2=O)c1. The zero-order chi connectivity index (χ0) is 26.3. The van der Waals surface area contributed by atoms with E-state index in [9.17, 15) is 9.59 Å². The quantitative estimate of drug-likeness (QED) is 0.361. The number of fused-ring (bicyclic) bond motifs is 1. The summed E-state index contributed by atoms with van der Waals surface area (Å²) in [7, 11) is 1.81. The van der Waals surface area contributed by atoms with E-state index in [2.05, 4.69) is 26.3 Å². The summed E-state index contributed by atoms with van der Waals surface area (Å²) in [6, 6.07) is 10.8. The Hall–Kier alpha value is -4.68. The average Bonchev–Trinajstić information content (AvgIpc) is 3.21. The highest BCUT2D eigenvalue weighted by Gasteiger charge is 2.18. The second-order valence-electron chi connectivity index (χ2n) is 8.75. The molecule has 0 unspecified atom stereocenters. The Kier molecular flexibility index (Phi) is 6.11. The van der Waals surface area contributed by atoms with E-state index in [1.807, 2.05) is 45.3 Å². The molecular formula is C27H22ClN7O2. The van der Waals surface area contributed by atoms with Crippen LogP contribution in [0.5, 0.6) is 0 Å². The van der Waals surface area contributed by atoms with Gasteiger partial charge in [0.2, 0.25) is 5.95 Å². The number of aryl methyl sites for hydroxylation is 3. The molecule has 184 valence electrons. The predicted octanol–water partition coefficient (Wildman–Crippen LogP) is 3.72. The third-order valence-corrected chi connectivity index (χ3v) is 6.30. The number of aromatic nitrogens is 6. The zero-order valence-electron chi connectivity index (χ0n) is 20.4. The molecule has 0 aliphatic carbocycles. The lowest BCUT2D eigenvalue weighted by molar-refractivity contribution is 0.655. The van der Waals surface area contributed by atoms with Gasteiger partial charge in [-0.3, -0.25) is 14.2 Å². The molecular weight excluding hydrogens is 490 g/mol. The van der Waals surface area contributed by atoms with Crippen LogP contribution in [0.1, 0.15) is 22.3 Å². The number of nitrogens with zero attached hydrogens (tertiary/aromatic N) is 6. The summed E-state index contributed by atoms with van der Waals surface area (Å²) >= 11 is 6.52. The van der Waals surface area contributed by atoms with Crippen molar-refractivity contribution in [2.24, 2.45) is 7.05 Å². The van der Waals surface area contributed by atoms with E-state index in [-0.39, 0.29) is 12.5 Å². The van der Waals surface area contributed by atoms with Crippen LogP contribution in [0.4, 0.5) is 11.6 Å². The van der Waals surface area contributed by atoms with Crippen molar-refractivity contribution >= 4 is 34.1 Å².